The molecule has 0 radical (unpaired) electrons. The molecule has 0 saturated heterocycles. The Kier molecular flexibility index (Phi) is 4.75. The Labute approximate surface area is 252 Å². The highest BCUT2D eigenvalue weighted by Gasteiger charge is 2.19. The van der Waals surface area contributed by atoms with E-state index in [9.17, 15) is 0 Å². The maximum atomic E-state index is 6.50. The summed E-state index contributed by atoms with van der Waals surface area (Å²) in [7, 11) is 0. The molecule has 0 aliphatic heterocycles. The smallest absolute Gasteiger partial charge is 0.136 e. The van der Waals surface area contributed by atoms with Crippen LogP contribution in [0.25, 0.3) is 98.4 Å². The van der Waals surface area contributed by atoms with Crippen molar-refractivity contribution in [3.05, 3.63) is 146 Å². The second-order valence-electron chi connectivity index (χ2n) is 11.7. The molecule has 0 unspecified atom stereocenters. The molecule has 2 heteroatoms. The van der Waals surface area contributed by atoms with E-state index < -0.39 is 0 Å². The topological polar surface area (TPSA) is 26.3 Å². The fourth-order valence-corrected chi connectivity index (χ4v) is 7.25. The van der Waals surface area contributed by atoms with Crippen LogP contribution in [0, 0.1) is 0 Å². The van der Waals surface area contributed by atoms with Crippen molar-refractivity contribution in [2.45, 2.75) is 0 Å². The normalized spacial score (nSPS) is 12.1. The molecule has 2 aromatic heterocycles. The standard InChI is InChI=1S/C42H24O2/c1-2-10-26-23-40-36(21-25(26)9-1)30-19-17-28(24-39(30)44-40)42-33-14-5-3-12-31(33)41(32-13-4-6-15-34(32)42)27-18-20-38-35(22-27)29-11-7-8-16-37(29)43-38/h1-24H. The van der Waals surface area contributed by atoms with Crippen LogP contribution >= 0.6 is 0 Å². The summed E-state index contributed by atoms with van der Waals surface area (Å²) in [5.41, 5.74) is 8.45. The second kappa shape index (κ2) is 8.82. The summed E-state index contributed by atoms with van der Waals surface area (Å²) in [4.78, 5) is 0. The summed E-state index contributed by atoms with van der Waals surface area (Å²) < 4.78 is 12.7. The monoisotopic (exact) mass is 560 g/mol. The van der Waals surface area contributed by atoms with Crippen LogP contribution in [0.1, 0.15) is 0 Å². The van der Waals surface area contributed by atoms with Crippen LogP contribution in [0.5, 0.6) is 0 Å². The van der Waals surface area contributed by atoms with Crippen LogP contribution in [-0.4, -0.2) is 0 Å². The molecule has 0 N–H and O–H groups in total. The number of furan rings is 2. The minimum Gasteiger partial charge on any atom is -0.456 e. The fraction of sp³-hybridized carbons (Fsp3) is 0. The third-order valence-electron chi connectivity index (χ3n) is 9.23. The van der Waals surface area contributed by atoms with E-state index >= 15 is 0 Å². The highest BCUT2D eigenvalue weighted by atomic mass is 16.3. The molecular formula is C42H24O2. The Morgan fingerprint density at radius 2 is 0.727 bits per heavy atom. The average molecular weight is 561 g/mol. The quantitative estimate of drug-likeness (QED) is 0.197. The first-order valence-corrected chi connectivity index (χ1v) is 15.0. The Hall–Kier alpha value is -5.86. The van der Waals surface area contributed by atoms with Crippen molar-refractivity contribution in [2.24, 2.45) is 0 Å². The molecule has 10 aromatic rings. The molecule has 0 bridgehead atoms. The molecule has 8 aromatic carbocycles. The van der Waals surface area contributed by atoms with Gasteiger partial charge in [0.25, 0.3) is 0 Å². The molecule has 0 aliphatic rings. The first kappa shape index (κ1) is 23.7. The van der Waals surface area contributed by atoms with Gasteiger partial charge in [-0.05, 0) is 97.0 Å². The number of benzene rings is 8. The lowest BCUT2D eigenvalue weighted by atomic mass is 9.85. The highest BCUT2D eigenvalue weighted by Crippen LogP contribution is 2.45. The molecule has 10 rings (SSSR count). The molecule has 2 nitrogen and oxygen atoms in total. The van der Waals surface area contributed by atoms with Crippen molar-refractivity contribution in [3.63, 3.8) is 0 Å². The van der Waals surface area contributed by atoms with Crippen molar-refractivity contribution in [3.8, 4) is 22.3 Å². The van der Waals surface area contributed by atoms with Crippen LogP contribution in [0.15, 0.2) is 154 Å². The third-order valence-corrected chi connectivity index (χ3v) is 9.23. The molecule has 204 valence electrons. The van der Waals surface area contributed by atoms with Gasteiger partial charge in [0.1, 0.15) is 22.3 Å². The van der Waals surface area contributed by atoms with E-state index in [1.807, 2.05) is 12.1 Å². The van der Waals surface area contributed by atoms with Gasteiger partial charge in [-0.1, -0.05) is 103 Å². The van der Waals surface area contributed by atoms with Gasteiger partial charge < -0.3 is 8.83 Å². The summed E-state index contributed by atoms with van der Waals surface area (Å²) in [6.07, 6.45) is 0. The van der Waals surface area contributed by atoms with Crippen LogP contribution in [-0.2, 0) is 0 Å². The van der Waals surface area contributed by atoms with Crippen LogP contribution in [0.4, 0.5) is 0 Å². The van der Waals surface area contributed by atoms with Gasteiger partial charge in [-0.3, -0.25) is 0 Å². The summed E-state index contributed by atoms with van der Waals surface area (Å²) in [5, 5.41) is 11.9. The molecule has 0 aliphatic carbocycles. The zero-order valence-corrected chi connectivity index (χ0v) is 23.7. The molecule has 0 atom stereocenters. The van der Waals surface area contributed by atoms with Gasteiger partial charge >= 0.3 is 0 Å². The van der Waals surface area contributed by atoms with Crippen molar-refractivity contribution >= 4 is 76.2 Å². The van der Waals surface area contributed by atoms with E-state index in [0.29, 0.717) is 0 Å². The van der Waals surface area contributed by atoms with Gasteiger partial charge in [-0.2, -0.15) is 0 Å². The highest BCUT2D eigenvalue weighted by molar-refractivity contribution is 6.23. The molecule has 2 heterocycles. The zero-order valence-electron chi connectivity index (χ0n) is 23.7. The molecule has 0 saturated carbocycles. The largest absolute Gasteiger partial charge is 0.456 e. The Bertz CT molecular complexity index is 2720. The van der Waals surface area contributed by atoms with E-state index in [1.165, 1.54) is 49.0 Å². The summed E-state index contributed by atoms with van der Waals surface area (Å²) in [5.74, 6) is 0. The Balaban J connectivity index is 1.25. The SMILES string of the molecule is c1ccc2cc3c(cc2c1)oc1cc(-c2c4ccccc4c(-c4ccc5oc6ccccc6c5c4)c4ccccc24)ccc13. The Morgan fingerprint density at radius 3 is 1.43 bits per heavy atom. The average Bonchev–Trinajstić information content (AvgIpc) is 3.62. The summed E-state index contributed by atoms with van der Waals surface area (Å²) in [6, 6.07) is 52.0. The van der Waals surface area contributed by atoms with Crippen LogP contribution in [0.3, 0.4) is 0 Å². The Morgan fingerprint density at radius 1 is 0.273 bits per heavy atom. The lowest BCUT2D eigenvalue weighted by molar-refractivity contribution is 0.669. The van der Waals surface area contributed by atoms with Gasteiger partial charge in [-0.25, -0.2) is 0 Å². The number of para-hydroxylation sites is 1. The molecule has 44 heavy (non-hydrogen) atoms. The van der Waals surface area contributed by atoms with Gasteiger partial charge in [0.2, 0.25) is 0 Å². The van der Waals surface area contributed by atoms with Gasteiger partial charge in [0, 0.05) is 21.5 Å². The van der Waals surface area contributed by atoms with E-state index in [2.05, 4.69) is 133 Å². The maximum absolute atomic E-state index is 6.50. The van der Waals surface area contributed by atoms with Crippen molar-refractivity contribution < 1.29 is 8.83 Å². The van der Waals surface area contributed by atoms with E-state index in [0.717, 1.165) is 49.4 Å². The van der Waals surface area contributed by atoms with E-state index in [-0.39, 0.29) is 0 Å². The summed E-state index contributed by atoms with van der Waals surface area (Å²) in [6.45, 7) is 0. The minimum atomic E-state index is 0.905. The lowest BCUT2D eigenvalue weighted by Crippen LogP contribution is -1.90. The number of hydrogen-bond donors (Lipinski definition) is 0. The van der Waals surface area contributed by atoms with Crippen LogP contribution < -0.4 is 0 Å². The van der Waals surface area contributed by atoms with Crippen molar-refractivity contribution in [2.75, 3.05) is 0 Å². The number of hydrogen-bond acceptors (Lipinski definition) is 2. The number of fused-ring (bicyclic) bond motifs is 9. The van der Waals surface area contributed by atoms with Crippen molar-refractivity contribution in [1.29, 1.82) is 0 Å². The predicted octanol–water partition coefficient (Wildman–Crippen LogP) is 12.3. The van der Waals surface area contributed by atoms with Crippen LogP contribution in [0.2, 0.25) is 0 Å². The first-order valence-electron chi connectivity index (χ1n) is 15.0. The fourth-order valence-electron chi connectivity index (χ4n) is 7.25. The minimum absolute atomic E-state index is 0.905. The molecule has 0 amide bonds. The van der Waals surface area contributed by atoms with E-state index in [4.69, 9.17) is 8.83 Å². The second-order valence-corrected chi connectivity index (χ2v) is 11.7. The molecule has 0 spiro atoms. The molecule has 0 fully saturated rings. The first-order chi connectivity index (χ1) is 21.8. The molecular weight excluding hydrogens is 536 g/mol. The van der Waals surface area contributed by atoms with Gasteiger partial charge in [-0.15, -0.1) is 0 Å². The van der Waals surface area contributed by atoms with Gasteiger partial charge in [0.05, 0.1) is 0 Å². The van der Waals surface area contributed by atoms with E-state index in [1.54, 1.807) is 0 Å². The zero-order chi connectivity index (χ0) is 28.8. The summed E-state index contributed by atoms with van der Waals surface area (Å²) >= 11 is 0. The third kappa shape index (κ3) is 3.31. The van der Waals surface area contributed by atoms with Gasteiger partial charge in [0.15, 0.2) is 0 Å². The maximum Gasteiger partial charge on any atom is 0.136 e. The number of rotatable bonds is 2. The lowest BCUT2D eigenvalue weighted by Gasteiger charge is -2.17. The predicted molar refractivity (Wildman–Crippen MR) is 184 cm³/mol. The van der Waals surface area contributed by atoms with Crippen molar-refractivity contribution in [1.82, 2.24) is 0 Å².